The van der Waals surface area contributed by atoms with Crippen LogP contribution in [0.5, 0.6) is 0 Å². The number of benzene rings is 1. The fourth-order valence-electron chi connectivity index (χ4n) is 1.93. The summed E-state index contributed by atoms with van der Waals surface area (Å²) >= 11 is 0. The van der Waals surface area contributed by atoms with Crippen LogP contribution in [0.15, 0.2) is 23.2 Å². The van der Waals surface area contributed by atoms with E-state index in [9.17, 15) is 12.8 Å². The average Bonchev–Trinajstić information content (AvgIpc) is 2.37. The summed E-state index contributed by atoms with van der Waals surface area (Å²) in [6.45, 7) is 2.44. The van der Waals surface area contributed by atoms with Crippen molar-refractivity contribution in [3.05, 3.63) is 35.1 Å². The predicted octanol–water partition coefficient (Wildman–Crippen LogP) is 1.43. The number of halogens is 2. The second kappa shape index (κ2) is 10.0. The second-order valence-electron chi connectivity index (χ2n) is 5.19. The van der Waals surface area contributed by atoms with Crippen LogP contribution < -0.4 is 11.1 Å². The van der Waals surface area contributed by atoms with Crippen molar-refractivity contribution < 1.29 is 17.5 Å². The standard InChI is InChI=1S/C14H22FN3O3S.HI/c1-10(8-21-2)18-14(16)17-7-12-6-13(15)5-4-11(12)9-22(3,19)20;/h4-6,10H,7-9H2,1-3H3,(H3,16,17,18);1H. The normalized spacial score (nSPS) is 13.3. The summed E-state index contributed by atoms with van der Waals surface area (Å²) in [5.74, 6) is -0.410. The van der Waals surface area contributed by atoms with Gasteiger partial charge in [-0.15, -0.1) is 24.0 Å². The molecule has 0 amide bonds. The Morgan fingerprint density at radius 3 is 2.65 bits per heavy atom. The Morgan fingerprint density at radius 1 is 1.43 bits per heavy atom. The van der Waals surface area contributed by atoms with Crippen LogP contribution in [0.3, 0.4) is 0 Å². The molecule has 132 valence electrons. The molecule has 1 atom stereocenters. The van der Waals surface area contributed by atoms with Crippen LogP contribution >= 0.6 is 24.0 Å². The van der Waals surface area contributed by atoms with Crippen LogP contribution in [0.1, 0.15) is 18.1 Å². The van der Waals surface area contributed by atoms with Crippen LogP contribution in [0, 0.1) is 5.82 Å². The van der Waals surface area contributed by atoms with Crippen molar-refractivity contribution in [2.75, 3.05) is 20.0 Å². The van der Waals surface area contributed by atoms with Gasteiger partial charge in [0.05, 0.1) is 18.9 Å². The highest BCUT2D eigenvalue weighted by molar-refractivity contribution is 14.0. The fourth-order valence-corrected chi connectivity index (χ4v) is 2.77. The maximum absolute atomic E-state index is 13.4. The van der Waals surface area contributed by atoms with Crippen LogP contribution in [0.2, 0.25) is 0 Å². The Labute approximate surface area is 153 Å². The van der Waals surface area contributed by atoms with Gasteiger partial charge in [-0.2, -0.15) is 0 Å². The van der Waals surface area contributed by atoms with E-state index in [2.05, 4.69) is 10.3 Å². The SMILES string of the molecule is COCC(C)NC(N)=NCc1cc(F)ccc1CS(C)(=O)=O.I. The summed E-state index contributed by atoms with van der Waals surface area (Å²) < 4.78 is 41.1. The van der Waals surface area contributed by atoms with E-state index in [0.29, 0.717) is 17.7 Å². The lowest BCUT2D eigenvalue weighted by Gasteiger charge is -2.13. The molecule has 0 bridgehead atoms. The number of rotatable bonds is 7. The molecule has 6 nitrogen and oxygen atoms in total. The highest BCUT2D eigenvalue weighted by Gasteiger charge is 2.10. The minimum atomic E-state index is -3.21. The van der Waals surface area contributed by atoms with Crippen molar-refractivity contribution in [3.63, 3.8) is 0 Å². The first-order chi connectivity index (χ1) is 10.2. The smallest absolute Gasteiger partial charge is 0.189 e. The molecule has 0 aliphatic carbocycles. The summed E-state index contributed by atoms with van der Waals surface area (Å²) in [7, 11) is -1.63. The summed E-state index contributed by atoms with van der Waals surface area (Å²) in [6, 6.07) is 3.95. The van der Waals surface area contributed by atoms with Crippen LogP contribution in [0.25, 0.3) is 0 Å². The van der Waals surface area contributed by atoms with Gasteiger partial charge in [0.25, 0.3) is 0 Å². The Morgan fingerprint density at radius 2 is 2.09 bits per heavy atom. The number of sulfone groups is 1. The van der Waals surface area contributed by atoms with Crippen molar-refractivity contribution in [2.24, 2.45) is 10.7 Å². The van der Waals surface area contributed by atoms with Crippen LogP contribution in [0.4, 0.5) is 4.39 Å². The summed E-state index contributed by atoms with van der Waals surface area (Å²) in [5, 5.41) is 2.92. The molecule has 1 rings (SSSR count). The van der Waals surface area contributed by atoms with E-state index in [4.69, 9.17) is 10.5 Å². The van der Waals surface area contributed by atoms with E-state index in [1.165, 1.54) is 18.2 Å². The zero-order valence-electron chi connectivity index (χ0n) is 13.4. The number of hydrogen-bond donors (Lipinski definition) is 2. The van der Waals surface area contributed by atoms with E-state index >= 15 is 0 Å². The van der Waals surface area contributed by atoms with Crippen molar-refractivity contribution in [1.29, 1.82) is 0 Å². The molecule has 0 saturated heterocycles. The Bertz CT molecular complexity index is 638. The third-order valence-corrected chi connectivity index (χ3v) is 3.65. The summed E-state index contributed by atoms with van der Waals surface area (Å²) in [4.78, 5) is 4.11. The minimum Gasteiger partial charge on any atom is -0.383 e. The number of nitrogens with one attached hydrogen (secondary N) is 1. The maximum atomic E-state index is 13.4. The highest BCUT2D eigenvalue weighted by Crippen LogP contribution is 2.15. The van der Waals surface area contributed by atoms with Gasteiger partial charge in [0, 0.05) is 19.4 Å². The van der Waals surface area contributed by atoms with Gasteiger partial charge in [0.1, 0.15) is 5.82 Å². The van der Waals surface area contributed by atoms with Gasteiger partial charge >= 0.3 is 0 Å². The maximum Gasteiger partial charge on any atom is 0.189 e. The molecule has 23 heavy (non-hydrogen) atoms. The highest BCUT2D eigenvalue weighted by atomic mass is 127. The number of aliphatic imine (C=N–C) groups is 1. The number of methoxy groups -OCH3 is 1. The lowest BCUT2D eigenvalue weighted by atomic mass is 10.1. The number of ether oxygens (including phenoxy) is 1. The molecule has 0 spiro atoms. The van der Waals surface area contributed by atoms with E-state index in [0.717, 1.165) is 6.26 Å². The van der Waals surface area contributed by atoms with Crippen LogP contribution in [-0.2, 0) is 26.9 Å². The Hall–Kier alpha value is -0.940. The number of nitrogens with zero attached hydrogens (tertiary/aromatic N) is 1. The molecule has 0 aliphatic heterocycles. The van der Waals surface area contributed by atoms with Crippen LogP contribution in [-0.4, -0.2) is 40.4 Å². The van der Waals surface area contributed by atoms with Gasteiger partial charge in [-0.3, -0.25) is 0 Å². The third-order valence-electron chi connectivity index (χ3n) is 2.82. The molecular formula is C14H23FIN3O3S. The molecule has 9 heteroatoms. The van der Waals surface area contributed by atoms with E-state index in [1.807, 2.05) is 6.92 Å². The Kier molecular flexibility index (Phi) is 9.63. The fraction of sp³-hybridized carbons (Fsp3) is 0.500. The molecule has 1 unspecified atom stereocenters. The molecule has 0 fully saturated rings. The molecular weight excluding hydrogens is 436 g/mol. The summed E-state index contributed by atoms with van der Waals surface area (Å²) in [6.07, 6.45) is 1.13. The first-order valence-corrected chi connectivity index (χ1v) is 8.77. The lowest BCUT2D eigenvalue weighted by molar-refractivity contribution is 0.179. The predicted molar refractivity (Wildman–Crippen MR) is 100 cm³/mol. The molecule has 0 saturated carbocycles. The lowest BCUT2D eigenvalue weighted by Crippen LogP contribution is -2.40. The average molecular weight is 459 g/mol. The van der Waals surface area contributed by atoms with E-state index in [1.54, 1.807) is 7.11 Å². The molecule has 0 aromatic heterocycles. The van der Waals surface area contributed by atoms with E-state index in [-0.39, 0.29) is 48.3 Å². The van der Waals surface area contributed by atoms with Crippen molar-refractivity contribution in [1.82, 2.24) is 5.32 Å². The van der Waals surface area contributed by atoms with Gasteiger partial charge in [0.2, 0.25) is 0 Å². The molecule has 0 aliphatic rings. The van der Waals surface area contributed by atoms with Gasteiger partial charge in [-0.25, -0.2) is 17.8 Å². The zero-order valence-corrected chi connectivity index (χ0v) is 16.5. The topological polar surface area (TPSA) is 93.8 Å². The van der Waals surface area contributed by atoms with Gasteiger partial charge in [-0.1, -0.05) is 6.07 Å². The third kappa shape index (κ3) is 9.06. The van der Waals surface area contributed by atoms with E-state index < -0.39 is 15.7 Å². The number of nitrogens with two attached hydrogens (primary N) is 1. The van der Waals surface area contributed by atoms with Gasteiger partial charge < -0.3 is 15.8 Å². The molecule has 1 aromatic rings. The van der Waals surface area contributed by atoms with Crippen molar-refractivity contribution >= 4 is 39.8 Å². The van der Waals surface area contributed by atoms with Gasteiger partial charge in [0.15, 0.2) is 15.8 Å². The molecule has 0 radical (unpaired) electrons. The Balaban J connectivity index is 0.00000484. The van der Waals surface area contributed by atoms with Crippen molar-refractivity contribution in [3.8, 4) is 0 Å². The largest absolute Gasteiger partial charge is 0.383 e. The zero-order chi connectivity index (χ0) is 16.8. The van der Waals surface area contributed by atoms with Crippen molar-refractivity contribution in [2.45, 2.75) is 25.3 Å². The first kappa shape index (κ1) is 22.1. The second-order valence-corrected chi connectivity index (χ2v) is 7.33. The minimum absolute atomic E-state index is 0. The molecule has 1 aromatic carbocycles. The van der Waals surface area contributed by atoms with Gasteiger partial charge in [-0.05, 0) is 30.2 Å². The monoisotopic (exact) mass is 459 g/mol. The molecule has 3 N–H and O–H groups in total. The number of hydrogen-bond acceptors (Lipinski definition) is 4. The first-order valence-electron chi connectivity index (χ1n) is 6.71. The molecule has 0 heterocycles. The number of guanidine groups is 1. The summed E-state index contributed by atoms with van der Waals surface area (Å²) in [5.41, 5.74) is 6.75. The quantitative estimate of drug-likeness (QED) is 0.366.